The summed E-state index contributed by atoms with van der Waals surface area (Å²) in [6.45, 7) is 3.70. The van der Waals surface area contributed by atoms with Gasteiger partial charge in [0.25, 0.3) is 0 Å². The average Bonchev–Trinajstić information content (AvgIpc) is 2.58. The van der Waals surface area contributed by atoms with E-state index in [1.54, 1.807) is 6.20 Å². The summed E-state index contributed by atoms with van der Waals surface area (Å²) < 4.78 is 0. The fourth-order valence-electron chi connectivity index (χ4n) is 1.78. The Kier molecular flexibility index (Phi) is 2.76. The lowest BCUT2D eigenvalue weighted by Crippen LogP contribution is -2.16. The number of nitrogens with one attached hydrogen (secondary N) is 1. The first-order valence-electron chi connectivity index (χ1n) is 5.25. The molecule has 2 nitrogen and oxygen atoms in total. The molecule has 1 N–H and O–H groups in total. The third-order valence-electron chi connectivity index (χ3n) is 2.47. The van der Waals surface area contributed by atoms with Gasteiger partial charge in [0.1, 0.15) is 0 Å². The van der Waals surface area contributed by atoms with Crippen LogP contribution in [0.2, 0.25) is 0 Å². The summed E-state index contributed by atoms with van der Waals surface area (Å²) in [5, 5.41) is 0.966. The molecule has 0 bridgehead atoms. The second kappa shape index (κ2) is 3.95. The number of carbonyl (C=O) groups is 1. The summed E-state index contributed by atoms with van der Waals surface area (Å²) in [5.41, 5.74) is 1.71. The number of rotatable bonds is 3. The van der Waals surface area contributed by atoms with E-state index in [2.05, 4.69) is 4.98 Å². The number of alkyl halides is 1. The van der Waals surface area contributed by atoms with Gasteiger partial charge in [0.05, 0.1) is 0 Å². The first-order chi connectivity index (χ1) is 7.47. The smallest absolute Gasteiger partial charge is 0.166 e. The largest absolute Gasteiger partial charge is 0.360 e. The van der Waals surface area contributed by atoms with Gasteiger partial charge in [-0.3, -0.25) is 4.79 Å². The zero-order valence-electron chi connectivity index (χ0n) is 9.38. The third kappa shape index (κ3) is 2.27. The standard InChI is InChI=1S/C13H14ClNO/c1-13(2,14)7-12(16)10-8-15-11-6-4-3-5-9(10)11/h3-6,8,15H,7H2,1-2H3. The topological polar surface area (TPSA) is 32.9 Å². The highest BCUT2D eigenvalue weighted by molar-refractivity contribution is 6.25. The molecule has 2 rings (SSSR count). The first-order valence-corrected chi connectivity index (χ1v) is 5.63. The Hall–Kier alpha value is -1.28. The number of aromatic nitrogens is 1. The van der Waals surface area contributed by atoms with Crippen LogP contribution < -0.4 is 0 Å². The highest BCUT2D eigenvalue weighted by Gasteiger charge is 2.21. The highest BCUT2D eigenvalue weighted by Crippen LogP contribution is 2.24. The molecular weight excluding hydrogens is 222 g/mol. The number of fused-ring (bicyclic) bond motifs is 1. The molecule has 1 heterocycles. The summed E-state index contributed by atoms with van der Waals surface area (Å²) >= 11 is 6.07. The minimum atomic E-state index is -0.491. The maximum Gasteiger partial charge on any atom is 0.166 e. The molecule has 0 aliphatic rings. The molecule has 3 heteroatoms. The molecule has 0 fully saturated rings. The van der Waals surface area contributed by atoms with Gasteiger partial charge in [-0.15, -0.1) is 11.6 Å². The molecule has 0 unspecified atom stereocenters. The Balaban J connectivity index is 2.37. The van der Waals surface area contributed by atoms with Gasteiger partial charge in [-0.25, -0.2) is 0 Å². The molecule has 0 radical (unpaired) electrons. The lowest BCUT2D eigenvalue weighted by Gasteiger charge is -2.13. The normalized spacial score (nSPS) is 11.9. The Bertz CT molecular complexity index is 522. The molecule has 2 aromatic rings. The molecule has 0 spiro atoms. The van der Waals surface area contributed by atoms with E-state index in [-0.39, 0.29) is 5.78 Å². The van der Waals surface area contributed by atoms with Gasteiger partial charge in [0, 0.05) is 34.0 Å². The van der Waals surface area contributed by atoms with E-state index in [0.29, 0.717) is 6.42 Å². The van der Waals surface area contributed by atoms with Crippen LogP contribution in [0.3, 0.4) is 0 Å². The molecule has 0 saturated heterocycles. The molecule has 0 amide bonds. The predicted octanol–water partition coefficient (Wildman–Crippen LogP) is 3.76. The van der Waals surface area contributed by atoms with Crippen LogP contribution in [0.5, 0.6) is 0 Å². The van der Waals surface area contributed by atoms with Crippen molar-refractivity contribution < 1.29 is 4.79 Å². The summed E-state index contributed by atoms with van der Waals surface area (Å²) in [4.78, 5) is 14.6. The maximum absolute atomic E-state index is 12.0. The van der Waals surface area contributed by atoms with Crippen molar-refractivity contribution >= 4 is 28.3 Å². The van der Waals surface area contributed by atoms with Crippen LogP contribution in [0.4, 0.5) is 0 Å². The number of H-pyrrole nitrogens is 1. The number of halogens is 1. The number of benzene rings is 1. The van der Waals surface area contributed by atoms with Gasteiger partial charge in [-0.05, 0) is 19.9 Å². The number of para-hydroxylation sites is 1. The van der Waals surface area contributed by atoms with Crippen molar-refractivity contribution in [2.75, 3.05) is 0 Å². The number of Topliss-reactive ketones (excluding diaryl/α,β-unsaturated/α-hetero) is 1. The summed E-state index contributed by atoms with van der Waals surface area (Å²) in [5.74, 6) is 0.0810. The Morgan fingerprint density at radius 3 is 2.75 bits per heavy atom. The fourth-order valence-corrected chi connectivity index (χ4v) is 1.90. The molecule has 16 heavy (non-hydrogen) atoms. The van der Waals surface area contributed by atoms with E-state index in [0.717, 1.165) is 16.5 Å². The molecule has 0 aliphatic heterocycles. The Labute approximate surface area is 99.6 Å². The lowest BCUT2D eigenvalue weighted by atomic mass is 10.0. The first kappa shape index (κ1) is 11.2. The predicted molar refractivity (Wildman–Crippen MR) is 67.2 cm³/mol. The maximum atomic E-state index is 12.0. The van der Waals surface area contributed by atoms with Crippen molar-refractivity contribution in [1.29, 1.82) is 0 Å². The monoisotopic (exact) mass is 235 g/mol. The third-order valence-corrected chi connectivity index (χ3v) is 2.60. The fraction of sp³-hybridized carbons (Fsp3) is 0.308. The van der Waals surface area contributed by atoms with Crippen LogP contribution in [-0.4, -0.2) is 15.6 Å². The van der Waals surface area contributed by atoms with Crippen molar-refractivity contribution in [3.63, 3.8) is 0 Å². The van der Waals surface area contributed by atoms with E-state index in [9.17, 15) is 4.79 Å². The van der Waals surface area contributed by atoms with Gasteiger partial charge in [0.15, 0.2) is 5.78 Å². The molecule has 0 atom stereocenters. The van der Waals surface area contributed by atoms with Crippen molar-refractivity contribution in [3.05, 3.63) is 36.0 Å². The Morgan fingerprint density at radius 1 is 1.38 bits per heavy atom. The van der Waals surface area contributed by atoms with Crippen LogP contribution in [0.15, 0.2) is 30.5 Å². The van der Waals surface area contributed by atoms with Crippen LogP contribution >= 0.6 is 11.6 Å². The van der Waals surface area contributed by atoms with Crippen LogP contribution in [0.25, 0.3) is 10.9 Å². The van der Waals surface area contributed by atoms with E-state index in [1.807, 2.05) is 38.1 Å². The minimum absolute atomic E-state index is 0.0810. The number of hydrogen-bond acceptors (Lipinski definition) is 1. The highest BCUT2D eigenvalue weighted by atomic mass is 35.5. The molecule has 1 aromatic carbocycles. The number of carbonyl (C=O) groups excluding carboxylic acids is 1. The molecule has 0 aliphatic carbocycles. The van der Waals surface area contributed by atoms with Gasteiger partial charge in [-0.2, -0.15) is 0 Å². The van der Waals surface area contributed by atoms with Crippen molar-refractivity contribution in [2.24, 2.45) is 0 Å². The SMILES string of the molecule is CC(C)(Cl)CC(=O)c1c[nH]c2ccccc12. The van der Waals surface area contributed by atoms with E-state index in [1.165, 1.54) is 0 Å². The summed E-state index contributed by atoms with van der Waals surface area (Å²) in [6.07, 6.45) is 2.10. The van der Waals surface area contributed by atoms with Gasteiger partial charge in [0.2, 0.25) is 0 Å². The zero-order chi connectivity index (χ0) is 11.8. The summed E-state index contributed by atoms with van der Waals surface area (Å²) in [7, 11) is 0. The van der Waals surface area contributed by atoms with Gasteiger partial charge < -0.3 is 4.98 Å². The van der Waals surface area contributed by atoms with Crippen molar-refractivity contribution in [2.45, 2.75) is 25.1 Å². The second-order valence-corrected chi connectivity index (χ2v) is 5.59. The summed E-state index contributed by atoms with van der Waals surface area (Å²) in [6, 6.07) is 7.77. The number of ketones is 1. The van der Waals surface area contributed by atoms with Gasteiger partial charge >= 0.3 is 0 Å². The number of aromatic amines is 1. The van der Waals surface area contributed by atoms with Crippen LogP contribution in [0, 0.1) is 0 Å². The van der Waals surface area contributed by atoms with Crippen LogP contribution in [-0.2, 0) is 0 Å². The zero-order valence-corrected chi connectivity index (χ0v) is 10.1. The number of hydrogen-bond donors (Lipinski definition) is 1. The molecular formula is C13H14ClNO. The molecule has 0 saturated carbocycles. The van der Waals surface area contributed by atoms with Crippen LogP contribution in [0.1, 0.15) is 30.6 Å². The Morgan fingerprint density at radius 2 is 2.06 bits per heavy atom. The minimum Gasteiger partial charge on any atom is -0.360 e. The van der Waals surface area contributed by atoms with E-state index in [4.69, 9.17) is 11.6 Å². The second-order valence-electron chi connectivity index (χ2n) is 4.57. The quantitative estimate of drug-likeness (QED) is 0.638. The van der Waals surface area contributed by atoms with E-state index >= 15 is 0 Å². The van der Waals surface area contributed by atoms with E-state index < -0.39 is 4.87 Å². The average molecular weight is 236 g/mol. The molecule has 1 aromatic heterocycles. The lowest BCUT2D eigenvalue weighted by molar-refractivity contribution is 0.0974. The van der Waals surface area contributed by atoms with Crippen molar-refractivity contribution in [3.8, 4) is 0 Å². The van der Waals surface area contributed by atoms with Gasteiger partial charge in [-0.1, -0.05) is 18.2 Å². The van der Waals surface area contributed by atoms with Crippen molar-refractivity contribution in [1.82, 2.24) is 4.98 Å². The molecule has 84 valence electrons.